The van der Waals surface area contributed by atoms with Crippen LogP contribution in [0.25, 0.3) is 11.0 Å². The highest BCUT2D eigenvalue weighted by atomic mass is 16.5. The van der Waals surface area contributed by atoms with Crippen LogP contribution in [0.5, 0.6) is 0 Å². The third kappa shape index (κ3) is 6.98. The number of carbonyl (C=O) groups is 2. The Hall–Kier alpha value is -4.57. The molecule has 192 valence electrons. The van der Waals surface area contributed by atoms with Crippen LogP contribution in [0.3, 0.4) is 0 Å². The number of aromatic nitrogens is 2. The molecular weight excluding hydrogens is 464 g/mol. The predicted molar refractivity (Wildman–Crippen MR) is 149 cm³/mol. The minimum absolute atomic E-state index is 0.339. The zero-order valence-corrected chi connectivity index (χ0v) is 21.7. The molecule has 0 bridgehead atoms. The van der Waals surface area contributed by atoms with Gasteiger partial charge in [0, 0.05) is 29.4 Å². The first-order valence-corrected chi connectivity index (χ1v) is 12.2. The number of aromatic amines is 1. The van der Waals surface area contributed by atoms with E-state index in [1.807, 2.05) is 93.7 Å². The second-order valence-corrected chi connectivity index (χ2v) is 7.65. The van der Waals surface area contributed by atoms with Gasteiger partial charge >= 0.3 is 6.09 Å². The van der Waals surface area contributed by atoms with Crippen molar-refractivity contribution in [3.05, 3.63) is 95.8 Å². The van der Waals surface area contributed by atoms with Crippen LogP contribution in [-0.4, -0.2) is 35.1 Å². The molecule has 2 amide bonds. The molecular formula is C30H34N4O3. The molecule has 0 aliphatic rings. The molecule has 3 N–H and O–H groups in total. The number of H-pyrrole nitrogens is 1. The molecule has 0 saturated carbocycles. The van der Waals surface area contributed by atoms with Crippen molar-refractivity contribution >= 4 is 28.7 Å². The first-order valence-electron chi connectivity index (χ1n) is 12.2. The number of anilines is 1. The van der Waals surface area contributed by atoms with Crippen molar-refractivity contribution in [3.63, 3.8) is 0 Å². The molecule has 2 aromatic carbocycles. The fourth-order valence-corrected chi connectivity index (χ4v) is 4.09. The number of terminal acetylenes is 1. The number of pyridine rings is 1. The fourth-order valence-electron chi connectivity index (χ4n) is 4.09. The van der Waals surface area contributed by atoms with E-state index in [0.29, 0.717) is 11.3 Å². The van der Waals surface area contributed by atoms with Crippen LogP contribution in [0.1, 0.15) is 43.4 Å². The summed E-state index contributed by atoms with van der Waals surface area (Å²) in [5.41, 5.74) is 4.17. The second-order valence-electron chi connectivity index (χ2n) is 7.65. The minimum Gasteiger partial charge on any atom is -0.453 e. The highest BCUT2D eigenvalue weighted by Gasteiger charge is 2.34. The van der Waals surface area contributed by atoms with E-state index in [9.17, 15) is 9.59 Å². The lowest BCUT2D eigenvalue weighted by Gasteiger charge is -2.27. The van der Waals surface area contributed by atoms with E-state index >= 15 is 0 Å². The molecule has 7 heteroatoms. The van der Waals surface area contributed by atoms with Gasteiger partial charge in [-0.15, -0.1) is 12.8 Å². The summed E-state index contributed by atoms with van der Waals surface area (Å²) in [6, 6.07) is 20.1. The zero-order chi connectivity index (χ0) is 27.2. The van der Waals surface area contributed by atoms with Crippen molar-refractivity contribution in [2.75, 3.05) is 12.4 Å². The van der Waals surface area contributed by atoms with Crippen LogP contribution in [-0.2, 0) is 16.0 Å². The highest BCUT2D eigenvalue weighted by Crippen LogP contribution is 2.34. The van der Waals surface area contributed by atoms with Gasteiger partial charge in [-0.1, -0.05) is 69.3 Å². The minimum atomic E-state index is -0.941. The molecule has 7 nitrogen and oxygen atoms in total. The Bertz CT molecular complexity index is 1300. The predicted octanol–water partition coefficient (Wildman–Crippen LogP) is 5.90. The van der Waals surface area contributed by atoms with Crippen LogP contribution < -0.4 is 10.6 Å². The number of ether oxygens (including phenoxy) is 1. The molecule has 2 heterocycles. The van der Waals surface area contributed by atoms with Gasteiger partial charge in [0.25, 0.3) is 0 Å². The normalized spacial score (nSPS) is 11.5. The van der Waals surface area contributed by atoms with Crippen molar-refractivity contribution < 1.29 is 14.3 Å². The van der Waals surface area contributed by atoms with E-state index in [2.05, 4.69) is 33.4 Å². The summed E-state index contributed by atoms with van der Waals surface area (Å²) in [6.45, 7) is 6.03. The Balaban J connectivity index is 0.00000115. The number of alkyl carbamates (subject to hydrolysis) is 1. The van der Waals surface area contributed by atoms with E-state index in [1.54, 1.807) is 6.20 Å². The number of nitrogens with one attached hydrogen (secondary N) is 3. The summed E-state index contributed by atoms with van der Waals surface area (Å²) in [7, 11) is 1.28. The molecule has 4 aromatic rings. The summed E-state index contributed by atoms with van der Waals surface area (Å²) < 4.78 is 4.87. The van der Waals surface area contributed by atoms with Gasteiger partial charge in [-0.25, -0.2) is 9.78 Å². The summed E-state index contributed by atoms with van der Waals surface area (Å²) in [5.74, 6) is -0.828. The summed E-state index contributed by atoms with van der Waals surface area (Å²) >= 11 is 0. The summed E-state index contributed by atoms with van der Waals surface area (Å²) in [6.07, 6.45) is 11.6. The van der Waals surface area contributed by atoms with Gasteiger partial charge in [0.1, 0.15) is 11.7 Å². The van der Waals surface area contributed by atoms with Crippen molar-refractivity contribution in [2.24, 2.45) is 0 Å². The Kier molecular flexibility index (Phi) is 11.4. The molecule has 0 aliphatic heterocycles. The van der Waals surface area contributed by atoms with Crippen LogP contribution in [0.15, 0.2) is 79.1 Å². The van der Waals surface area contributed by atoms with Gasteiger partial charge in [-0.3, -0.25) is 4.79 Å². The third-order valence-corrected chi connectivity index (χ3v) is 5.71. The molecule has 4 rings (SSSR count). The van der Waals surface area contributed by atoms with Gasteiger partial charge in [0.15, 0.2) is 0 Å². The highest BCUT2D eigenvalue weighted by molar-refractivity contribution is 5.99. The third-order valence-electron chi connectivity index (χ3n) is 5.71. The van der Waals surface area contributed by atoms with Crippen molar-refractivity contribution in [1.29, 1.82) is 0 Å². The van der Waals surface area contributed by atoms with Crippen molar-refractivity contribution in [1.82, 2.24) is 15.3 Å². The SMILES string of the molecule is C#C.CC.CCc1ccccc1NC(=O)[C@@H](NC(=O)OC)C(c1ccccc1)c1c[nH]c2ncccc12. The number of hydrogen-bond donors (Lipinski definition) is 3. The maximum absolute atomic E-state index is 13.7. The van der Waals surface area contributed by atoms with E-state index < -0.39 is 18.1 Å². The average molecular weight is 499 g/mol. The Morgan fingerprint density at radius 1 is 1.00 bits per heavy atom. The van der Waals surface area contributed by atoms with E-state index in [1.165, 1.54) is 7.11 Å². The monoisotopic (exact) mass is 498 g/mol. The van der Waals surface area contributed by atoms with Crippen LogP contribution in [0, 0.1) is 12.8 Å². The Morgan fingerprint density at radius 2 is 1.68 bits per heavy atom. The van der Waals surface area contributed by atoms with Crippen LogP contribution in [0.4, 0.5) is 10.5 Å². The van der Waals surface area contributed by atoms with Crippen molar-refractivity contribution in [2.45, 2.75) is 39.2 Å². The largest absolute Gasteiger partial charge is 0.453 e. The zero-order valence-electron chi connectivity index (χ0n) is 21.7. The maximum Gasteiger partial charge on any atom is 0.407 e. The summed E-state index contributed by atoms with van der Waals surface area (Å²) in [4.78, 5) is 33.6. The van der Waals surface area contributed by atoms with Gasteiger partial charge in [0.05, 0.1) is 7.11 Å². The molecule has 0 saturated heterocycles. The smallest absolute Gasteiger partial charge is 0.407 e. The number of methoxy groups -OCH3 is 1. The first kappa shape index (κ1) is 28.7. The lowest BCUT2D eigenvalue weighted by molar-refractivity contribution is -0.118. The topological polar surface area (TPSA) is 96.1 Å². The lowest BCUT2D eigenvalue weighted by Crippen LogP contribution is -2.48. The van der Waals surface area contributed by atoms with Crippen LogP contribution >= 0.6 is 0 Å². The number of carbonyl (C=O) groups excluding carboxylic acids is 2. The molecule has 0 aliphatic carbocycles. The number of amides is 2. The Morgan fingerprint density at radius 3 is 2.35 bits per heavy atom. The van der Waals surface area contributed by atoms with Gasteiger partial charge in [0.2, 0.25) is 5.91 Å². The molecule has 0 radical (unpaired) electrons. The van der Waals surface area contributed by atoms with E-state index in [4.69, 9.17) is 4.74 Å². The number of hydrogen-bond acceptors (Lipinski definition) is 4. The van der Waals surface area contributed by atoms with Gasteiger partial charge < -0.3 is 20.4 Å². The van der Waals surface area contributed by atoms with Crippen LogP contribution in [0.2, 0.25) is 0 Å². The van der Waals surface area contributed by atoms with Gasteiger partial charge in [-0.05, 0) is 41.3 Å². The van der Waals surface area contributed by atoms with E-state index in [0.717, 1.165) is 28.5 Å². The molecule has 2 aromatic heterocycles. The molecule has 37 heavy (non-hydrogen) atoms. The lowest BCUT2D eigenvalue weighted by atomic mass is 9.84. The number of rotatable bonds is 7. The maximum atomic E-state index is 13.7. The van der Waals surface area contributed by atoms with Crippen molar-refractivity contribution in [3.8, 4) is 12.8 Å². The molecule has 0 spiro atoms. The molecule has 0 fully saturated rings. The second kappa shape index (κ2) is 14.7. The number of nitrogens with zero attached hydrogens (tertiary/aromatic N) is 1. The molecule has 2 atom stereocenters. The first-order chi connectivity index (χ1) is 18.1. The quantitative estimate of drug-likeness (QED) is 0.277. The van der Waals surface area contributed by atoms with Gasteiger partial charge in [-0.2, -0.15) is 0 Å². The summed E-state index contributed by atoms with van der Waals surface area (Å²) in [5, 5.41) is 6.66. The Labute approximate surface area is 218 Å². The standard InChI is InChI=1S/C26H26N4O3.C2H6.C2H2/c1-3-17-10-7-8-14-21(17)29-25(31)23(30-26(32)33-2)22(18-11-5-4-6-12-18)20-16-28-24-19(20)13-9-15-27-24;2*1-2/h4-16,22-23H,3H2,1-2H3,(H,27,28)(H,29,31)(H,30,32);1-2H3;1-2H/t22?,23-;;/m0../s1. The average Bonchev–Trinajstić information content (AvgIpc) is 3.39. The number of aryl methyl sites for hydroxylation is 1. The fraction of sp³-hybridized carbons (Fsp3) is 0.233. The molecule has 1 unspecified atom stereocenters. The number of para-hydroxylation sites is 1. The van der Waals surface area contributed by atoms with E-state index in [-0.39, 0.29) is 5.91 Å². The number of fused-ring (bicyclic) bond motifs is 1. The number of benzene rings is 2.